The van der Waals surface area contributed by atoms with Gasteiger partial charge in [-0.05, 0) is 34.4 Å². The zero-order chi connectivity index (χ0) is 24.9. The Labute approximate surface area is 198 Å². The number of furan rings is 1. The van der Waals surface area contributed by atoms with Crippen LogP contribution in [0, 0.1) is 0 Å². The topological polar surface area (TPSA) is 118 Å². The van der Waals surface area contributed by atoms with Crippen molar-refractivity contribution < 1.29 is 37.4 Å². The molecular weight excluding hydrogens is 462 g/mol. The normalized spacial score (nSPS) is 13.1. The lowest BCUT2D eigenvalue weighted by atomic mass is 9.98. The first-order chi connectivity index (χ1) is 16.8. The highest BCUT2D eigenvalue weighted by atomic mass is 19.3. The molecule has 3 N–H and O–H groups in total. The van der Waals surface area contributed by atoms with E-state index in [0.717, 1.165) is 22.3 Å². The lowest BCUT2D eigenvalue weighted by Gasteiger charge is -2.14. The summed E-state index contributed by atoms with van der Waals surface area (Å²) in [4.78, 5) is 35.4. The molecule has 0 spiro atoms. The Morgan fingerprint density at radius 2 is 1.60 bits per heavy atom. The molecule has 35 heavy (non-hydrogen) atoms. The number of fused-ring (bicyclic) bond motifs is 3. The minimum Gasteiger partial charge on any atom is -0.480 e. The first-order valence-electron chi connectivity index (χ1n) is 10.8. The zero-order valence-corrected chi connectivity index (χ0v) is 18.4. The molecule has 0 saturated heterocycles. The van der Waals surface area contributed by atoms with E-state index in [1.165, 1.54) is 12.1 Å². The number of aliphatic carboxylic acids is 1. The molecule has 0 saturated carbocycles. The van der Waals surface area contributed by atoms with E-state index in [-0.39, 0.29) is 30.6 Å². The smallest absolute Gasteiger partial charge is 0.407 e. The van der Waals surface area contributed by atoms with Gasteiger partial charge in [0, 0.05) is 12.3 Å². The van der Waals surface area contributed by atoms with Crippen molar-refractivity contribution in [3.8, 4) is 11.1 Å². The Hall–Kier alpha value is -4.21. The molecule has 0 radical (unpaired) electrons. The number of carboxylic acid groups (broad SMARTS) is 1. The fourth-order valence-electron chi connectivity index (χ4n) is 4.03. The fraction of sp³-hybridized carbons (Fsp3) is 0.240. The Bertz CT molecular complexity index is 1200. The van der Waals surface area contributed by atoms with Crippen LogP contribution in [0.25, 0.3) is 11.1 Å². The first kappa shape index (κ1) is 23.9. The summed E-state index contributed by atoms with van der Waals surface area (Å²) >= 11 is 0. The number of carbonyl (C=O) groups excluding carboxylic acids is 2. The van der Waals surface area contributed by atoms with Crippen molar-refractivity contribution in [2.45, 2.75) is 31.4 Å². The molecule has 0 aliphatic heterocycles. The Kier molecular flexibility index (Phi) is 7.09. The lowest BCUT2D eigenvalue weighted by molar-refractivity contribution is -0.140. The van der Waals surface area contributed by atoms with Crippen LogP contribution in [-0.4, -0.2) is 42.2 Å². The molecule has 2 amide bonds. The lowest BCUT2D eigenvalue weighted by Crippen LogP contribution is -2.41. The van der Waals surface area contributed by atoms with Gasteiger partial charge in [0.2, 0.25) is 6.43 Å². The summed E-state index contributed by atoms with van der Waals surface area (Å²) in [6.45, 7) is 0.0374. The van der Waals surface area contributed by atoms with Gasteiger partial charge in [0.05, 0.1) is 6.54 Å². The molecule has 3 aromatic rings. The molecule has 0 bridgehead atoms. The average molecular weight is 484 g/mol. The molecule has 4 rings (SSSR count). The summed E-state index contributed by atoms with van der Waals surface area (Å²) < 4.78 is 35.7. The Morgan fingerprint density at radius 1 is 0.971 bits per heavy atom. The number of halogens is 2. The van der Waals surface area contributed by atoms with E-state index in [1.807, 2.05) is 53.8 Å². The third-order valence-corrected chi connectivity index (χ3v) is 5.65. The first-order valence-corrected chi connectivity index (χ1v) is 10.8. The molecule has 1 atom stereocenters. The number of hydrogen-bond donors (Lipinski definition) is 3. The summed E-state index contributed by atoms with van der Waals surface area (Å²) in [5.41, 5.74) is 4.37. The molecule has 2 aromatic carbocycles. The second-order valence-corrected chi connectivity index (χ2v) is 7.94. The molecule has 0 fully saturated rings. The van der Waals surface area contributed by atoms with Gasteiger partial charge in [0.25, 0.3) is 5.91 Å². The van der Waals surface area contributed by atoms with E-state index >= 15 is 0 Å². The van der Waals surface area contributed by atoms with E-state index in [2.05, 4.69) is 5.32 Å². The molecule has 8 nitrogen and oxygen atoms in total. The summed E-state index contributed by atoms with van der Waals surface area (Å²) in [5.74, 6) is -2.70. The summed E-state index contributed by atoms with van der Waals surface area (Å²) in [7, 11) is 0. The minimum absolute atomic E-state index is 0.0939. The highest BCUT2D eigenvalue weighted by Gasteiger charge is 2.29. The van der Waals surface area contributed by atoms with Crippen LogP contribution in [0.2, 0.25) is 0 Å². The highest BCUT2D eigenvalue weighted by Crippen LogP contribution is 2.44. The van der Waals surface area contributed by atoms with Gasteiger partial charge >= 0.3 is 12.1 Å². The van der Waals surface area contributed by atoms with Gasteiger partial charge in [-0.1, -0.05) is 48.5 Å². The Morgan fingerprint density at radius 3 is 2.20 bits per heavy atom. The van der Waals surface area contributed by atoms with Crippen LogP contribution in [0.15, 0.2) is 65.1 Å². The summed E-state index contributed by atoms with van der Waals surface area (Å²) in [5, 5.41) is 13.5. The van der Waals surface area contributed by atoms with E-state index in [9.17, 15) is 23.2 Å². The van der Waals surface area contributed by atoms with Gasteiger partial charge in [-0.15, -0.1) is 0 Å². The molecule has 1 aliphatic carbocycles. The number of rotatable bonds is 9. The van der Waals surface area contributed by atoms with Crippen molar-refractivity contribution in [3.63, 3.8) is 0 Å². The minimum atomic E-state index is -2.90. The highest BCUT2D eigenvalue weighted by molar-refractivity contribution is 5.94. The molecule has 1 aliphatic rings. The maximum absolute atomic E-state index is 12.5. The zero-order valence-electron chi connectivity index (χ0n) is 18.4. The predicted molar refractivity (Wildman–Crippen MR) is 120 cm³/mol. The average Bonchev–Trinajstić information content (AvgIpc) is 3.44. The van der Waals surface area contributed by atoms with Crippen LogP contribution in [0.5, 0.6) is 0 Å². The third-order valence-electron chi connectivity index (χ3n) is 5.65. The number of benzene rings is 2. The number of ether oxygens (including phenoxy) is 1. The van der Waals surface area contributed by atoms with Crippen LogP contribution in [0.3, 0.4) is 0 Å². The van der Waals surface area contributed by atoms with Crippen LogP contribution in [-0.2, 0) is 16.1 Å². The maximum atomic E-state index is 12.5. The Balaban J connectivity index is 1.30. The molecule has 1 heterocycles. The number of amides is 2. The number of carbonyl (C=O) groups is 3. The van der Waals surface area contributed by atoms with Crippen molar-refractivity contribution in [2.24, 2.45) is 0 Å². The fourth-order valence-corrected chi connectivity index (χ4v) is 4.03. The van der Waals surface area contributed by atoms with Gasteiger partial charge in [-0.2, -0.15) is 0 Å². The standard InChI is InChI=1S/C25H22F2N2O6/c26-22(27)11-20(24(31)32)29-23(30)21-10-9-14(35-21)12-28-25(33)34-13-19-17-7-3-1-5-15(17)16-6-2-4-8-18(16)19/h1-10,19-20,22H,11-13H2,(H,28,33)(H,29,30)(H,31,32). The van der Waals surface area contributed by atoms with Gasteiger partial charge in [-0.25, -0.2) is 18.4 Å². The van der Waals surface area contributed by atoms with Crippen molar-refractivity contribution in [2.75, 3.05) is 6.61 Å². The second kappa shape index (κ2) is 10.4. The second-order valence-electron chi connectivity index (χ2n) is 7.94. The van der Waals surface area contributed by atoms with Crippen molar-refractivity contribution in [3.05, 3.63) is 83.3 Å². The van der Waals surface area contributed by atoms with Crippen molar-refractivity contribution >= 4 is 18.0 Å². The summed E-state index contributed by atoms with van der Waals surface area (Å²) in [6, 6.07) is 16.8. The van der Waals surface area contributed by atoms with Gasteiger partial charge < -0.3 is 24.9 Å². The van der Waals surface area contributed by atoms with Crippen molar-refractivity contribution in [1.82, 2.24) is 10.6 Å². The number of hydrogen-bond acceptors (Lipinski definition) is 5. The monoisotopic (exact) mass is 484 g/mol. The maximum Gasteiger partial charge on any atom is 0.407 e. The van der Waals surface area contributed by atoms with Crippen LogP contribution in [0.4, 0.5) is 13.6 Å². The van der Waals surface area contributed by atoms with Gasteiger partial charge in [0.1, 0.15) is 18.4 Å². The van der Waals surface area contributed by atoms with Crippen molar-refractivity contribution in [1.29, 1.82) is 0 Å². The number of carboxylic acids is 1. The van der Waals surface area contributed by atoms with E-state index < -0.39 is 36.9 Å². The number of nitrogens with one attached hydrogen (secondary N) is 2. The van der Waals surface area contributed by atoms with E-state index in [1.54, 1.807) is 0 Å². The molecule has 182 valence electrons. The SMILES string of the molecule is O=C(NCc1ccc(C(=O)NC(CC(F)F)C(=O)O)o1)OCC1c2ccccc2-c2ccccc21. The molecule has 1 aromatic heterocycles. The molecule has 10 heteroatoms. The predicted octanol–water partition coefficient (Wildman–Crippen LogP) is 4.16. The van der Waals surface area contributed by atoms with Crippen LogP contribution in [0.1, 0.15) is 39.8 Å². The van der Waals surface area contributed by atoms with Crippen LogP contribution < -0.4 is 10.6 Å². The quantitative estimate of drug-likeness (QED) is 0.420. The van der Waals surface area contributed by atoms with Gasteiger partial charge in [-0.3, -0.25) is 4.79 Å². The summed E-state index contributed by atoms with van der Waals surface area (Å²) in [6.07, 6.45) is -4.61. The van der Waals surface area contributed by atoms with Crippen LogP contribution >= 0.6 is 0 Å². The van der Waals surface area contributed by atoms with E-state index in [0.29, 0.717) is 0 Å². The molecule has 1 unspecified atom stereocenters. The number of alkyl carbamates (subject to hydrolysis) is 1. The van der Waals surface area contributed by atoms with E-state index in [4.69, 9.17) is 14.3 Å². The largest absolute Gasteiger partial charge is 0.480 e. The third kappa shape index (κ3) is 5.48. The molecular formula is C25H22F2N2O6. The number of alkyl halides is 2. The van der Waals surface area contributed by atoms with Gasteiger partial charge in [0.15, 0.2) is 5.76 Å².